The van der Waals surface area contributed by atoms with E-state index in [2.05, 4.69) is 23.9 Å². The Morgan fingerprint density at radius 3 is 1.38 bits per heavy atom. The molecule has 1 amide bonds. The predicted molar refractivity (Wildman–Crippen MR) is 214 cm³/mol. The number of hydrogen-bond donors (Lipinski definition) is 2. The van der Waals surface area contributed by atoms with Gasteiger partial charge in [-0.2, -0.15) is 11.8 Å². The molecule has 2 N–H and O–H groups in total. The van der Waals surface area contributed by atoms with Crippen LogP contribution in [0.4, 0.5) is 0 Å². The highest BCUT2D eigenvalue weighted by Gasteiger charge is 2.21. The van der Waals surface area contributed by atoms with Crippen molar-refractivity contribution in [2.45, 2.75) is 212 Å². The monoisotopic (exact) mass is 758 g/mol. The molecule has 0 aliphatic carbocycles. The van der Waals surface area contributed by atoms with Crippen LogP contribution in [0, 0.1) is 0 Å². The van der Waals surface area contributed by atoms with Crippen molar-refractivity contribution in [2.24, 2.45) is 0 Å². The van der Waals surface area contributed by atoms with E-state index in [4.69, 9.17) is 9.47 Å². The minimum absolute atomic E-state index is 0.00422. The molecule has 2 atom stereocenters. The van der Waals surface area contributed by atoms with E-state index in [1.807, 2.05) is 0 Å². The van der Waals surface area contributed by atoms with Gasteiger partial charge in [-0.1, -0.05) is 168 Å². The molecule has 0 bridgehead atoms. The van der Waals surface area contributed by atoms with Crippen molar-refractivity contribution in [1.29, 1.82) is 0 Å². The smallest absolute Gasteiger partial charge is 0.330 e. The standard InChI is InChI=1S/C42H79NO8S/c1-4-6-8-10-12-14-16-18-20-22-24-26-28-30-40(46)50-35-37(36-52-33-32-39(45)43-38(34-44)42(48)49-3)51-41(47)31-29-27-25-23-21-19-17-15-13-11-9-7-5-2/h37-38,44H,4-36H2,1-3H3,(H,43,45)/t37-,38+/m1/s1. The zero-order chi connectivity index (χ0) is 38.3. The highest BCUT2D eigenvalue weighted by Crippen LogP contribution is 2.16. The number of aliphatic hydroxyl groups is 1. The number of esters is 3. The van der Waals surface area contributed by atoms with E-state index in [0.29, 0.717) is 24.3 Å². The summed E-state index contributed by atoms with van der Waals surface area (Å²) >= 11 is 1.41. The first-order chi connectivity index (χ1) is 25.4. The summed E-state index contributed by atoms with van der Waals surface area (Å²) in [4.78, 5) is 49.1. The van der Waals surface area contributed by atoms with Crippen LogP contribution in [0.15, 0.2) is 0 Å². The maximum atomic E-state index is 12.7. The normalized spacial score (nSPS) is 12.3. The summed E-state index contributed by atoms with van der Waals surface area (Å²) < 4.78 is 15.8. The second-order valence-electron chi connectivity index (χ2n) is 14.4. The lowest BCUT2D eigenvalue weighted by molar-refractivity contribution is -0.157. The molecule has 0 aromatic rings. The van der Waals surface area contributed by atoms with Gasteiger partial charge in [0.2, 0.25) is 5.91 Å². The van der Waals surface area contributed by atoms with Crippen LogP contribution in [0.25, 0.3) is 0 Å². The van der Waals surface area contributed by atoms with Crippen LogP contribution in [0.2, 0.25) is 0 Å². The summed E-state index contributed by atoms with van der Waals surface area (Å²) in [6.07, 6.45) is 32.4. The summed E-state index contributed by atoms with van der Waals surface area (Å²) in [6.45, 7) is 3.95. The molecule has 0 heterocycles. The summed E-state index contributed by atoms with van der Waals surface area (Å²) in [5, 5.41) is 11.8. The van der Waals surface area contributed by atoms with E-state index in [1.165, 1.54) is 147 Å². The Bertz CT molecular complexity index is 858. The van der Waals surface area contributed by atoms with Gasteiger partial charge in [0, 0.05) is 30.8 Å². The Balaban J connectivity index is 4.38. The first kappa shape index (κ1) is 50.2. The molecule has 0 spiro atoms. The van der Waals surface area contributed by atoms with E-state index >= 15 is 0 Å². The van der Waals surface area contributed by atoms with Crippen LogP contribution < -0.4 is 5.32 Å². The van der Waals surface area contributed by atoms with Crippen molar-refractivity contribution in [3.8, 4) is 0 Å². The fourth-order valence-electron chi connectivity index (χ4n) is 6.16. The topological polar surface area (TPSA) is 128 Å². The average Bonchev–Trinajstić information content (AvgIpc) is 3.14. The third-order valence-corrected chi connectivity index (χ3v) is 10.6. The second kappa shape index (κ2) is 38.9. The second-order valence-corrected chi connectivity index (χ2v) is 15.6. The molecule has 0 fully saturated rings. The molecule has 0 radical (unpaired) electrons. The first-order valence-electron chi connectivity index (χ1n) is 21.3. The highest BCUT2D eigenvalue weighted by atomic mass is 32.2. The Kier molecular flexibility index (Phi) is 37.5. The fraction of sp³-hybridized carbons (Fsp3) is 0.905. The molecule has 52 heavy (non-hydrogen) atoms. The van der Waals surface area contributed by atoms with Gasteiger partial charge in [0.05, 0.1) is 13.7 Å². The Labute approximate surface area is 322 Å². The largest absolute Gasteiger partial charge is 0.467 e. The van der Waals surface area contributed by atoms with Crippen LogP contribution >= 0.6 is 11.8 Å². The SMILES string of the molecule is CCCCCCCCCCCCCCCC(=O)OC[C@H](CSCCC(=O)N[C@@H](CO)C(=O)OC)OC(=O)CCCCCCCCCCCCCCC. The van der Waals surface area contributed by atoms with Gasteiger partial charge in [-0.25, -0.2) is 4.79 Å². The number of carbonyl (C=O) groups is 4. The molecule has 0 aliphatic heterocycles. The first-order valence-corrected chi connectivity index (χ1v) is 22.4. The lowest BCUT2D eigenvalue weighted by Gasteiger charge is -2.18. The van der Waals surface area contributed by atoms with Gasteiger partial charge in [-0.15, -0.1) is 0 Å². The number of rotatable bonds is 39. The molecule has 0 aromatic heterocycles. The number of hydrogen-bond acceptors (Lipinski definition) is 9. The van der Waals surface area contributed by atoms with Crippen LogP contribution in [-0.4, -0.2) is 72.9 Å². The zero-order valence-electron chi connectivity index (χ0n) is 33.7. The van der Waals surface area contributed by atoms with Crippen molar-refractivity contribution in [3.63, 3.8) is 0 Å². The van der Waals surface area contributed by atoms with Crippen LogP contribution in [0.3, 0.4) is 0 Å². The molecular weight excluding hydrogens is 679 g/mol. The molecule has 0 unspecified atom stereocenters. The lowest BCUT2D eigenvalue weighted by Crippen LogP contribution is -2.44. The number of unbranched alkanes of at least 4 members (excludes halogenated alkanes) is 24. The van der Waals surface area contributed by atoms with Gasteiger partial charge in [0.25, 0.3) is 0 Å². The quantitative estimate of drug-likeness (QED) is 0.0358. The Hall–Kier alpha value is -1.81. The Morgan fingerprint density at radius 2 is 0.981 bits per heavy atom. The summed E-state index contributed by atoms with van der Waals surface area (Å²) in [7, 11) is 1.19. The predicted octanol–water partition coefficient (Wildman–Crippen LogP) is 10.2. The number of thioether (sulfide) groups is 1. The summed E-state index contributed by atoms with van der Waals surface area (Å²) in [5.41, 5.74) is 0. The molecular formula is C42H79NO8S. The van der Waals surface area contributed by atoms with Crippen molar-refractivity contribution in [2.75, 3.05) is 31.8 Å². The van der Waals surface area contributed by atoms with Gasteiger partial charge in [0.1, 0.15) is 12.7 Å². The van der Waals surface area contributed by atoms with E-state index < -0.39 is 30.6 Å². The van der Waals surface area contributed by atoms with Crippen LogP contribution in [0.1, 0.15) is 200 Å². The number of nitrogens with one attached hydrogen (secondary N) is 1. The van der Waals surface area contributed by atoms with Gasteiger partial charge < -0.3 is 24.6 Å². The molecule has 0 aromatic carbocycles. The van der Waals surface area contributed by atoms with E-state index in [1.54, 1.807) is 0 Å². The van der Waals surface area contributed by atoms with Crippen molar-refractivity contribution in [3.05, 3.63) is 0 Å². The summed E-state index contributed by atoms with van der Waals surface area (Å²) in [5.74, 6) is -0.878. The third-order valence-electron chi connectivity index (χ3n) is 9.48. The van der Waals surface area contributed by atoms with Crippen molar-refractivity contribution >= 4 is 35.6 Å². The number of aliphatic hydroxyl groups excluding tert-OH is 1. The van der Waals surface area contributed by atoms with Gasteiger partial charge in [-0.3, -0.25) is 14.4 Å². The molecule has 0 rings (SSSR count). The maximum absolute atomic E-state index is 12.7. The van der Waals surface area contributed by atoms with E-state index in [-0.39, 0.29) is 25.0 Å². The number of carbonyl (C=O) groups excluding carboxylic acids is 4. The zero-order valence-corrected chi connectivity index (χ0v) is 34.5. The van der Waals surface area contributed by atoms with Gasteiger partial charge >= 0.3 is 17.9 Å². The third kappa shape index (κ3) is 34.0. The maximum Gasteiger partial charge on any atom is 0.330 e. The number of methoxy groups -OCH3 is 1. The number of amides is 1. The summed E-state index contributed by atoms with van der Waals surface area (Å²) in [6, 6.07) is -1.10. The van der Waals surface area contributed by atoms with Gasteiger partial charge in [0.15, 0.2) is 6.04 Å². The Morgan fingerprint density at radius 1 is 0.577 bits per heavy atom. The van der Waals surface area contributed by atoms with Crippen LogP contribution in [0.5, 0.6) is 0 Å². The number of ether oxygens (including phenoxy) is 3. The highest BCUT2D eigenvalue weighted by molar-refractivity contribution is 7.99. The van der Waals surface area contributed by atoms with Crippen molar-refractivity contribution in [1.82, 2.24) is 5.32 Å². The minimum atomic E-state index is -1.10. The van der Waals surface area contributed by atoms with Crippen LogP contribution in [-0.2, 0) is 33.4 Å². The molecule has 306 valence electrons. The molecule has 9 nitrogen and oxygen atoms in total. The molecule has 10 heteroatoms. The van der Waals surface area contributed by atoms with Crippen molar-refractivity contribution < 1.29 is 38.5 Å². The molecule has 0 saturated heterocycles. The van der Waals surface area contributed by atoms with E-state index in [0.717, 1.165) is 38.5 Å². The average molecular weight is 758 g/mol. The van der Waals surface area contributed by atoms with Gasteiger partial charge in [-0.05, 0) is 12.8 Å². The fourth-order valence-corrected chi connectivity index (χ4v) is 7.08. The van der Waals surface area contributed by atoms with E-state index in [9.17, 15) is 24.3 Å². The lowest BCUT2D eigenvalue weighted by atomic mass is 10.0. The minimum Gasteiger partial charge on any atom is -0.467 e. The molecule has 0 aliphatic rings. The molecule has 0 saturated carbocycles.